The SMILES string of the molecule is C[C@H](NC(=O)C12C[C@H]3C[C@@H](C1)CC(n1cnc([N+](=O)[O-])n1)(C3)C2)C12CC3CC(CC(C3)C1)C2. The van der Waals surface area contributed by atoms with Crippen molar-refractivity contribution < 1.29 is 9.72 Å². The third-order valence-corrected chi connectivity index (χ3v) is 11.0. The molecule has 0 radical (unpaired) electrons. The second kappa shape index (κ2) is 6.57. The number of nitrogens with one attached hydrogen (secondary N) is 1. The van der Waals surface area contributed by atoms with Gasteiger partial charge in [-0.05, 0) is 124 Å². The van der Waals surface area contributed by atoms with Gasteiger partial charge in [-0.2, -0.15) is 4.68 Å². The minimum atomic E-state index is -0.521. The van der Waals surface area contributed by atoms with Crippen LogP contribution in [0.15, 0.2) is 6.33 Å². The summed E-state index contributed by atoms with van der Waals surface area (Å²) in [5.74, 6) is 3.54. The summed E-state index contributed by atoms with van der Waals surface area (Å²) < 4.78 is 1.76. The number of carbonyl (C=O) groups excluding carboxylic acids is 1. The number of amides is 1. The van der Waals surface area contributed by atoms with Crippen LogP contribution in [-0.4, -0.2) is 31.6 Å². The molecule has 8 nitrogen and oxygen atoms in total. The average Bonchev–Trinajstić information content (AvgIpc) is 3.23. The molecule has 8 fully saturated rings. The normalized spacial score (nSPS) is 47.6. The van der Waals surface area contributed by atoms with E-state index in [4.69, 9.17) is 0 Å². The molecular weight excluding hydrogens is 418 g/mol. The maximum atomic E-state index is 14.0. The van der Waals surface area contributed by atoms with E-state index in [9.17, 15) is 14.9 Å². The smallest absolute Gasteiger partial charge is 0.390 e. The molecule has 8 saturated carbocycles. The predicted octanol–water partition coefficient (Wildman–Crippen LogP) is 4.20. The molecule has 1 aromatic heterocycles. The molecule has 0 aromatic carbocycles. The van der Waals surface area contributed by atoms with Gasteiger partial charge in [0.2, 0.25) is 12.2 Å². The lowest BCUT2D eigenvalue weighted by molar-refractivity contribution is -0.394. The predicted molar refractivity (Wildman–Crippen MR) is 120 cm³/mol. The lowest BCUT2D eigenvalue weighted by Gasteiger charge is -2.61. The molecule has 0 aliphatic heterocycles. The quantitative estimate of drug-likeness (QED) is 0.532. The number of hydrogen-bond donors (Lipinski definition) is 1. The van der Waals surface area contributed by atoms with Crippen LogP contribution in [0.4, 0.5) is 5.95 Å². The van der Waals surface area contributed by atoms with Crippen LogP contribution < -0.4 is 5.32 Å². The second-order valence-electron chi connectivity index (χ2n) is 13.2. The second-order valence-corrected chi connectivity index (χ2v) is 13.2. The van der Waals surface area contributed by atoms with Gasteiger partial charge in [0.05, 0.1) is 11.0 Å². The van der Waals surface area contributed by atoms with Gasteiger partial charge >= 0.3 is 5.95 Å². The fraction of sp³-hybridized carbons (Fsp3) is 0.880. The molecule has 8 bridgehead atoms. The van der Waals surface area contributed by atoms with Crippen LogP contribution in [0.2, 0.25) is 0 Å². The van der Waals surface area contributed by atoms with Crippen molar-refractivity contribution in [2.45, 2.75) is 95.6 Å². The summed E-state index contributed by atoms with van der Waals surface area (Å²) in [5.41, 5.74) is -0.356. The Hall–Kier alpha value is -1.99. The standard InChI is InChI=1S/C25H35N5O3/c1-15(23-6-16-2-17(7-23)4-18(3-16)8-23)27-21(31)24-9-19-5-20(10-24)12-25(11-19,13-24)29-14-26-22(28-29)30(32)33/h14-20H,2-13H2,1H3,(H,27,31)/t15-,16?,17?,18?,19-,20+,23?,24?,25?/m0/s1. The Morgan fingerprint density at radius 2 is 1.61 bits per heavy atom. The van der Waals surface area contributed by atoms with Gasteiger partial charge in [0.15, 0.2) is 0 Å². The van der Waals surface area contributed by atoms with Gasteiger partial charge in [-0.1, -0.05) is 4.98 Å². The van der Waals surface area contributed by atoms with Crippen LogP contribution in [-0.2, 0) is 10.3 Å². The van der Waals surface area contributed by atoms with Crippen LogP contribution in [0.5, 0.6) is 0 Å². The topological polar surface area (TPSA) is 103 Å². The van der Waals surface area contributed by atoms with E-state index in [1.54, 1.807) is 4.68 Å². The lowest BCUT2D eigenvalue weighted by atomic mass is 9.46. The molecule has 1 amide bonds. The van der Waals surface area contributed by atoms with Gasteiger partial charge in [-0.25, -0.2) is 0 Å². The number of rotatable bonds is 5. The first-order valence-corrected chi connectivity index (χ1v) is 13.1. The molecule has 2 unspecified atom stereocenters. The molecule has 1 N–H and O–H groups in total. The van der Waals surface area contributed by atoms with E-state index in [-0.39, 0.29) is 28.9 Å². The maximum absolute atomic E-state index is 14.0. The molecule has 1 aromatic rings. The summed E-state index contributed by atoms with van der Waals surface area (Å²) >= 11 is 0. The van der Waals surface area contributed by atoms with Crippen molar-refractivity contribution in [3.8, 4) is 0 Å². The Kier molecular flexibility index (Phi) is 4.06. The van der Waals surface area contributed by atoms with Crippen molar-refractivity contribution in [3.05, 3.63) is 16.4 Å². The number of carbonyl (C=O) groups is 1. The first-order valence-electron chi connectivity index (χ1n) is 13.1. The number of aromatic nitrogens is 3. The minimum Gasteiger partial charge on any atom is -0.390 e. The van der Waals surface area contributed by atoms with E-state index >= 15 is 0 Å². The van der Waals surface area contributed by atoms with Gasteiger partial charge in [0.1, 0.15) is 0 Å². The van der Waals surface area contributed by atoms with Crippen molar-refractivity contribution in [1.82, 2.24) is 20.1 Å². The summed E-state index contributed by atoms with van der Waals surface area (Å²) in [6, 6.07) is 0.231. The molecule has 1 heterocycles. The molecule has 9 rings (SSSR count). The molecule has 8 aliphatic carbocycles. The molecule has 8 aliphatic rings. The van der Waals surface area contributed by atoms with Crippen molar-refractivity contribution in [1.29, 1.82) is 0 Å². The lowest BCUT2D eigenvalue weighted by Crippen LogP contribution is -2.63. The Labute approximate surface area is 194 Å². The van der Waals surface area contributed by atoms with Crippen LogP contribution in [0, 0.1) is 50.5 Å². The third kappa shape index (κ3) is 2.91. The van der Waals surface area contributed by atoms with E-state index in [1.807, 2.05) is 0 Å². The van der Waals surface area contributed by atoms with E-state index < -0.39 is 4.92 Å². The first-order chi connectivity index (χ1) is 15.8. The fourth-order valence-electron chi connectivity index (χ4n) is 10.5. The van der Waals surface area contributed by atoms with Crippen molar-refractivity contribution in [2.75, 3.05) is 0 Å². The molecule has 0 spiro atoms. The van der Waals surface area contributed by atoms with Crippen molar-refractivity contribution >= 4 is 11.9 Å². The molecule has 8 heteroatoms. The van der Waals surface area contributed by atoms with Gasteiger partial charge in [-0.15, -0.1) is 0 Å². The molecule has 5 atom stereocenters. The number of hydrogen-bond acceptors (Lipinski definition) is 5. The Morgan fingerprint density at radius 3 is 2.15 bits per heavy atom. The van der Waals surface area contributed by atoms with Crippen LogP contribution in [0.25, 0.3) is 0 Å². The summed E-state index contributed by atoms with van der Waals surface area (Å²) in [5, 5.41) is 19.0. The summed E-state index contributed by atoms with van der Waals surface area (Å²) in [6.45, 7) is 2.28. The van der Waals surface area contributed by atoms with Crippen molar-refractivity contribution in [2.24, 2.45) is 40.4 Å². The summed E-state index contributed by atoms with van der Waals surface area (Å²) in [4.78, 5) is 28.6. The van der Waals surface area contributed by atoms with Crippen LogP contribution >= 0.6 is 0 Å². The van der Waals surface area contributed by atoms with Gasteiger partial charge in [-0.3, -0.25) is 4.79 Å². The summed E-state index contributed by atoms with van der Waals surface area (Å²) in [6.07, 6.45) is 15.4. The van der Waals surface area contributed by atoms with Gasteiger partial charge in [0.25, 0.3) is 0 Å². The third-order valence-electron chi connectivity index (χ3n) is 11.0. The van der Waals surface area contributed by atoms with E-state index in [1.165, 1.54) is 51.3 Å². The van der Waals surface area contributed by atoms with Crippen LogP contribution in [0.1, 0.15) is 84.0 Å². The van der Waals surface area contributed by atoms with E-state index in [0.717, 1.165) is 49.9 Å². The zero-order valence-electron chi connectivity index (χ0n) is 19.5. The highest BCUT2D eigenvalue weighted by Crippen LogP contribution is 2.65. The highest BCUT2D eigenvalue weighted by molar-refractivity contribution is 5.83. The Bertz CT molecular complexity index is 968. The number of nitrogens with zero attached hydrogens (tertiary/aromatic N) is 4. The summed E-state index contributed by atoms with van der Waals surface area (Å²) in [7, 11) is 0. The highest BCUT2D eigenvalue weighted by Gasteiger charge is 2.63. The van der Waals surface area contributed by atoms with Crippen LogP contribution in [0.3, 0.4) is 0 Å². The maximum Gasteiger partial charge on any atom is 0.490 e. The molecule has 178 valence electrons. The van der Waals surface area contributed by atoms with Gasteiger partial charge < -0.3 is 15.4 Å². The van der Waals surface area contributed by atoms with Crippen molar-refractivity contribution in [3.63, 3.8) is 0 Å². The zero-order chi connectivity index (χ0) is 22.6. The minimum absolute atomic E-state index is 0.231. The Morgan fingerprint density at radius 1 is 1.03 bits per heavy atom. The van der Waals surface area contributed by atoms with E-state index in [0.29, 0.717) is 17.3 Å². The highest BCUT2D eigenvalue weighted by atomic mass is 16.6. The molecule has 33 heavy (non-hydrogen) atoms. The first kappa shape index (κ1) is 20.4. The van der Waals surface area contributed by atoms with E-state index in [2.05, 4.69) is 22.3 Å². The molecular formula is C25H35N5O3. The average molecular weight is 454 g/mol. The largest absolute Gasteiger partial charge is 0.490 e. The Balaban J connectivity index is 1.15. The fourth-order valence-corrected chi connectivity index (χ4v) is 10.5. The monoisotopic (exact) mass is 453 g/mol. The zero-order valence-corrected chi connectivity index (χ0v) is 19.5. The number of nitro groups is 1. The van der Waals surface area contributed by atoms with Gasteiger partial charge in [0, 0.05) is 11.1 Å². The molecule has 0 saturated heterocycles.